The average molecular weight is 234 g/mol. The zero-order valence-corrected chi connectivity index (χ0v) is 11.1. The van der Waals surface area contributed by atoms with Gasteiger partial charge in [0.05, 0.1) is 0 Å². The minimum absolute atomic E-state index is 0.0185. The van der Waals surface area contributed by atoms with E-state index in [1.807, 2.05) is 44.3 Å². The van der Waals surface area contributed by atoms with Crippen LogP contribution in [0.1, 0.15) is 26.3 Å². The Bertz CT molecular complexity index is 348. The summed E-state index contributed by atoms with van der Waals surface area (Å²) < 4.78 is 0. The van der Waals surface area contributed by atoms with Crippen LogP contribution in [0.25, 0.3) is 0 Å². The van der Waals surface area contributed by atoms with E-state index in [0.29, 0.717) is 12.5 Å². The van der Waals surface area contributed by atoms with Crippen molar-refractivity contribution in [3.05, 3.63) is 35.9 Å². The first-order valence-corrected chi connectivity index (χ1v) is 6.06. The second-order valence-electron chi connectivity index (χ2n) is 4.82. The number of amides is 2. The monoisotopic (exact) mass is 234 g/mol. The molecule has 3 heteroatoms. The van der Waals surface area contributed by atoms with Gasteiger partial charge in [-0.25, -0.2) is 4.79 Å². The van der Waals surface area contributed by atoms with Gasteiger partial charge in [0.1, 0.15) is 0 Å². The van der Waals surface area contributed by atoms with Crippen molar-refractivity contribution < 1.29 is 4.79 Å². The lowest BCUT2D eigenvalue weighted by atomic mass is 10.1. The number of nitrogens with one attached hydrogen (secondary N) is 1. The van der Waals surface area contributed by atoms with Crippen LogP contribution < -0.4 is 5.32 Å². The quantitative estimate of drug-likeness (QED) is 0.853. The van der Waals surface area contributed by atoms with Crippen molar-refractivity contribution in [1.29, 1.82) is 0 Å². The predicted octanol–water partition coefficient (Wildman–Crippen LogP) is 2.87. The molecule has 0 heterocycles. The fourth-order valence-corrected chi connectivity index (χ4v) is 1.40. The summed E-state index contributed by atoms with van der Waals surface area (Å²) in [7, 11) is 1.81. The molecular formula is C14H22N2O. The molecule has 1 aromatic carbocycles. The molecule has 0 spiro atoms. The summed E-state index contributed by atoms with van der Waals surface area (Å²) in [6.07, 6.45) is 0. The van der Waals surface area contributed by atoms with Crippen LogP contribution in [0, 0.1) is 5.92 Å². The normalized spacial score (nSPS) is 12.3. The molecule has 1 rings (SSSR count). The van der Waals surface area contributed by atoms with E-state index in [9.17, 15) is 4.79 Å². The fourth-order valence-electron chi connectivity index (χ4n) is 1.40. The standard InChI is InChI=1S/C14H22N2O/c1-11(2)12(3)15-14(17)16(4)10-13-8-6-5-7-9-13/h5-9,11-12H,10H2,1-4H3,(H,15,17)/t12-/m1/s1. The third-order valence-corrected chi connectivity index (χ3v) is 2.96. The molecule has 1 atom stereocenters. The van der Waals surface area contributed by atoms with Crippen molar-refractivity contribution in [2.75, 3.05) is 7.05 Å². The Hall–Kier alpha value is -1.51. The Morgan fingerprint density at radius 2 is 1.82 bits per heavy atom. The van der Waals surface area contributed by atoms with Crippen molar-refractivity contribution in [2.45, 2.75) is 33.4 Å². The van der Waals surface area contributed by atoms with Gasteiger partial charge in [0.25, 0.3) is 0 Å². The number of hydrogen-bond acceptors (Lipinski definition) is 1. The maximum atomic E-state index is 11.9. The van der Waals surface area contributed by atoms with E-state index in [-0.39, 0.29) is 12.1 Å². The lowest BCUT2D eigenvalue weighted by Crippen LogP contribution is -2.43. The molecule has 0 fully saturated rings. The van der Waals surface area contributed by atoms with Gasteiger partial charge in [0.2, 0.25) is 0 Å². The molecule has 0 aliphatic carbocycles. The molecule has 94 valence electrons. The fraction of sp³-hybridized carbons (Fsp3) is 0.500. The third-order valence-electron chi connectivity index (χ3n) is 2.96. The molecule has 3 nitrogen and oxygen atoms in total. The van der Waals surface area contributed by atoms with Gasteiger partial charge >= 0.3 is 6.03 Å². The van der Waals surface area contributed by atoms with E-state index in [0.717, 1.165) is 5.56 Å². The SMILES string of the molecule is CC(C)[C@@H](C)NC(=O)N(C)Cc1ccccc1. The van der Waals surface area contributed by atoms with E-state index >= 15 is 0 Å². The van der Waals surface area contributed by atoms with Crippen LogP contribution in [0.2, 0.25) is 0 Å². The lowest BCUT2D eigenvalue weighted by molar-refractivity contribution is 0.200. The minimum atomic E-state index is -0.0185. The maximum Gasteiger partial charge on any atom is 0.317 e. The van der Waals surface area contributed by atoms with E-state index in [1.165, 1.54) is 0 Å². The molecule has 0 saturated carbocycles. The van der Waals surface area contributed by atoms with Crippen molar-refractivity contribution in [3.63, 3.8) is 0 Å². The van der Waals surface area contributed by atoms with Crippen LogP contribution in [0.3, 0.4) is 0 Å². The molecule has 0 aromatic heterocycles. The van der Waals surface area contributed by atoms with Crippen molar-refractivity contribution in [3.8, 4) is 0 Å². The number of urea groups is 1. The van der Waals surface area contributed by atoms with Crippen LogP contribution >= 0.6 is 0 Å². The molecule has 17 heavy (non-hydrogen) atoms. The highest BCUT2D eigenvalue weighted by Crippen LogP contribution is 2.04. The summed E-state index contributed by atoms with van der Waals surface area (Å²) in [5.74, 6) is 0.448. The Balaban J connectivity index is 2.48. The molecule has 1 N–H and O–H groups in total. The van der Waals surface area contributed by atoms with E-state index in [1.54, 1.807) is 4.90 Å². The molecule has 0 bridgehead atoms. The number of carbonyl (C=O) groups is 1. The van der Waals surface area contributed by atoms with Crippen LogP contribution in [0.5, 0.6) is 0 Å². The first-order chi connectivity index (χ1) is 8.00. The first kappa shape index (κ1) is 13.6. The Kier molecular flexibility index (Phi) is 5.01. The summed E-state index contributed by atoms with van der Waals surface area (Å²) in [6, 6.07) is 10.2. The minimum Gasteiger partial charge on any atom is -0.335 e. The Morgan fingerprint density at radius 1 is 1.24 bits per heavy atom. The van der Waals surface area contributed by atoms with Crippen LogP contribution in [0.15, 0.2) is 30.3 Å². The zero-order chi connectivity index (χ0) is 12.8. The summed E-state index contributed by atoms with van der Waals surface area (Å²) in [5.41, 5.74) is 1.14. The smallest absolute Gasteiger partial charge is 0.317 e. The number of hydrogen-bond donors (Lipinski definition) is 1. The van der Waals surface area contributed by atoms with E-state index in [2.05, 4.69) is 19.2 Å². The highest BCUT2D eigenvalue weighted by molar-refractivity contribution is 5.74. The summed E-state index contributed by atoms with van der Waals surface area (Å²) in [6.45, 7) is 6.86. The van der Waals surface area contributed by atoms with Gasteiger partial charge in [-0.15, -0.1) is 0 Å². The number of rotatable bonds is 4. The second-order valence-corrected chi connectivity index (χ2v) is 4.82. The second kappa shape index (κ2) is 6.28. The predicted molar refractivity (Wildman–Crippen MR) is 70.7 cm³/mol. The van der Waals surface area contributed by atoms with Gasteiger partial charge < -0.3 is 10.2 Å². The van der Waals surface area contributed by atoms with Crippen molar-refractivity contribution in [1.82, 2.24) is 10.2 Å². The van der Waals surface area contributed by atoms with E-state index < -0.39 is 0 Å². The molecule has 0 radical (unpaired) electrons. The van der Waals surface area contributed by atoms with Gasteiger partial charge in [0.15, 0.2) is 0 Å². The Morgan fingerprint density at radius 3 is 2.35 bits per heavy atom. The zero-order valence-electron chi connectivity index (χ0n) is 11.1. The van der Waals surface area contributed by atoms with Crippen LogP contribution in [-0.2, 0) is 6.54 Å². The van der Waals surface area contributed by atoms with Gasteiger partial charge in [0, 0.05) is 19.6 Å². The highest BCUT2D eigenvalue weighted by atomic mass is 16.2. The highest BCUT2D eigenvalue weighted by Gasteiger charge is 2.14. The molecule has 0 unspecified atom stereocenters. The number of nitrogens with zero attached hydrogens (tertiary/aromatic N) is 1. The molecule has 0 saturated heterocycles. The van der Waals surface area contributed by atoms with Crippen molar-refractivity contribution in [2.24, 2.45) is 5.92 Å². The maximum absolute atomic E-state index is 11.9. The Labute approximate surface area is 104 Å². The largest absolute Gasteiger partial charge is 0.335 e. The molecular weight excluding hydrogens is 212 g/mol. The topological polar surface area (TPSA) is 32.3 Å². The van der Waals surface area contributed by atoms with Crippen LogP contribution in [-0.4, -0.2) is 24.0 Å². The van der Waals surface area contributed by atoms with Crippen molar-refractivity contribution >= 4 is 6.03 Å². The number of carbonyl (C=O) groups excluding carboxylic acids is 1. The average Bonchev–Trinajstić information content (AvgIpc) is 2.29. The summed E-state index contributed by atoms with van der Waals surface area (Å²) in [5, 5.41) is 2.99. The van der Waals surface area contributed by atoms with E-state index in [4.69, 9.17) is 0 Å². The molecule has 0 aliphatic heterocycles. The van der Waals surface area contributed by atoms with Crippen LogP contribution in [0.4, 0.5) is 4.79 Å². The van der Waals surface area contributed by atoms with Gasteiger partial charge in [-0.1, -0.05) is 44.2 Å². The molecule has 1 aromatic rings. The van der Waals surface area contributed by atoms with Gasteiger partial charge in [-0.3, -0.25) is 0 Å². The molecule has 0 aliphatic rings. The number of benzene rings is 1. The third kappa shape index (κ3) is 4.47. The molecule has 2 amide bonds. The lowest BCUT2D eigenvalue weighted by Gasteiger charge is -2.23. The van der Waals surface area contributed by atoms with Gasteiger partial charge in [-0.05, 0) is 18.4 Å². The van der Waals surface area contributed by atoms with Gasteiger partial charge in [-0.2, -0.15) is 0 Å². The summed E-state index contributed by atoms with van der Waals surface area (Å²) >= 11 is 0. The summed E-state index contributed by atoms with van der Waals surface area (Å²) in [4.78, 5) is 13.6. The first-order valence-electron chi connectivity index (χ1n) is 6.06.